The zero-order chi connectivity index (χ0) is 11.3. The molecule has 0 aromatic carbocycles. The van der Waals surface area contributed by atoms with Crippen LogP contribution in [-0.2, 0) is 19.1 Å². The van der Waals surface area contributed by atoms with Crippen molar-refractivity contribution in [3.63, 3.8) is 0 Å². The molecule has 15 heavy (non-hydrogen) atoms. The van der Waals surface area contributed by atoms with Gasteiger partial charge in [-0.05, 0) is 13.3 Å². The second kappa shape index (κ2) is 5.33. The number of piperidine rings is 1. The highest BCUT2D eigenvalue weighted by Gasteiger charge is 2.23. The van der Waals surface area contributed by atoms with Crippen LogP contribution in [0.1, 0.15) is 19.8 Å². The molecule has 0 spiro atoms. The average Bonchev–Trinajstić information content (AvgIpc) is 2.22. The van der Waals surface area contributed by atoms with Crippen molar-refractivity contribution in [1.29, 1.82) is 0 Å². The molecule has 0 bridgehead atoms. The summed E-state index contributed by atoms with van der Waals surface area (Å²) < 4.78 is 4.53. The molecule has 2 N–H and O–H groups in total. The van der Waals surface area contributed by atoms with Gasteiger partial charge < -0.3 is 15.4 Å². The maximum Gasteiger partial charge on any atom is 0.396 e. The molecule has 1 saturated heterocycles. The first-order valence-corrected chi connectivity index (χ1v) is 4.87. The molecule has 1 atom stereocenters. The van der Waals surface area contributed by atoms with Gasteiger partial charge in [0.2, 0.25) is 5.91 Å². The van der Waals surface area contributed by atoms with Crippen molar-refractivity contribution in [2.45, 2.75) is 25.8 Å². The third kappa shape index (κ3) is 3.57. The van der Waals surface area contributed by atoms with E-state index in [1.54, 1.807) is 6.92 Å². The summed E-state index contributed by atoms with van der Waals surface area (Å²) >= 11 is 0. The summed E-state index contributed by atoms with van der Waals surface area (Å²) in [5.74, 6) is -1.66. The van der Waals surface area contributed by atoms with Gasteiger partial charge in [-0.1, -0.05) is 0 Å². The Bertz CT molecular complexity index is 267. The van der Waals surface area contributed by atoms with E-state index in [2.05, 4.69) is 15.4 Å². The van der Waals surface area contributed by atoms with E-state index in [0.717, 1.165) is 0 Å². The summed E-state index contributed by atoms with van der Waals surface area (Å²) in [6.07, 6.45) is 0.921. The minimum absolute atomic E-state index is 0.0309. The molecule has 0 aromatic heterocycles. The first-order chi connectivity index (χ1) is 7.13. The third-order valence-corrected chi connectivity index (χ3v) is 2.06. The Morgan fingerprint density at radius 2 is 2.33 bits per heavy atom. The van der Waals surface area contributed by atoms with Gasteiger partial charge in [0.15, 0.2) is 0 Å². The summed E-state index contributed by atoms with van der Waals surface area (Å²) in [4.78, 5) is 33.0. The van der Waals surface area contributed by atoms with E-state index in [1.165, 1.54) is 0 Å². The van der Waals surface area contributed by atoms with Crippen LogP contribution in [0.25, 0.3) is 0 Å². The van der Waals surface area contributed by atoms with Gasteiger partial charge in [-0.3, -0.25) is 9.59 Å². The van der Waals surface area contributed by atoms with E-state index in [1.807, 2.05) is 0 Å². The Morgan fingerprint density at radius 1 is 1.60 bits per heavy atom. The Hall–Kier alpha value is -1.59. The first-order valence-electron chi connectivity index (χ1n) is 4.87. The number of amides is 2. The van der Waals surface area contributed by atoms with Crippen molar-refractivity contribution in [2.24, 2.45) is 0 Å². The summed E-state index contributed by atoms with van der Waals surface area (Å²) in [5.41, 5.74) is 0. The predicted octanol–water partition coefficient (Wildman–Crippen LogP) is -1.06. The molecule has 1 fully saturated rings. The van der Waals surface area contributed by atoms with E-state index >= 15 is 0 Å². The minimum atomic E-state index is -0.880. The number of hydrogen-bond acceptors (Lipinski definition) is 4. The van der Waals surface area contributed by atoms with E-state index in [-0.39, 0.29) is 18.6 Å². The number of hydrogen-bond donors (Lipinski definition) is 2. The van der Waals surface area contributed by atoms with Gasteiger partial charge in [0.25, 0.3) is 0 Å². The van der Waals surface area contributed by atoms with Gasteiger partial charge in [-0.15, -0.1) is 0 Å². The quantitative estimate of drug-likeness (QED) is 0.453. The summed E-state index contributed by atoms with van der Waals surface area (Å²) in [5, 5.41) is 5.10. The lowest BCUT2D eigenvalue weighted by atomic mass is 10.1. The molecule has 84 valence electrons. The SMILES string of the molecule is CCOC(=O)C(=O)NC1CCC(=O)NC1. The van der Waals surface area contributed by atoms with E-state index in [9.17, 15) is 14.4 Å². The monoisotopic (exact) mass is 214 g/mol. The predicted molar refractivity (Wildman–Crippen MR) is 50.8 cm³/mol. The molecule has 1 aliphatic rings. The largest absolute Gasteiger partial charge is 0.459 e. The standard InChI is InChI=1S/C9H14N2O4/c1-2-15-9(14)8(13)11-6-3-4-7(12)10-5-6/h6H,2-5H2,1H3,(H,10,12)(H,11,13). The van der Waals surface area contributed by atoms with Gasteiger partial charge in [0.05, 0.1) is 6.61 Å². The van der Waals surface area contributed by atoms with Crippen molar-refractivity contribution in [1.82, 2.24) is 10.6 Å². The molecule has 1 rings (SSSR count). The van der Waals surface area contributed by atoms with Crippen molar-refractivity contribution in [3.05, 3.63) is 0 Å². The smallest absolute Gasteiger partial charge is 0.396 e. The summed E-state index contributed by atoms with van der Waals surface area (Å²) in [6.45, 7) is 2.17. The maximum absolute atomic E-state index is 11.2. The number of esters is 1. The van der Waals surface area contributed by atoms with Crippen LogP contribution in [0.5, 0.6) is 0 Å². The lowest BCUT2D eigenvalue weighted by Crippen LogP contribution is -2.49. The van der Waals surface area contributed by atoms with Gasteiger partial charge in [0, 0.05) is 19.0 Å². The molecule has 6 heteroatoms. The zero-order valence-corrected chi connectivity index (χ0v) is 8.54. The highest BCUT2D eigenvalue weighted by Crippen LogP contribution is 2.02. The Balaban J connectivity index is 2.32. The highest BCUT2D eigenvalue weighted by atomic mass is 16.5. The molecule has 0 radical (unpaired) electrons. The third-order valence-electron chi connectivity index (χ3n) is 2.06. The average molecular weight is 214 g/mol. The Labute approximate surface area is 87.4 Å². The maximum atomic E-state index is 11.2. The topological polar surface area (TPSA) is 84.5 Å². The number of nitrogens with one attached hydrogen (secondary N) is 2. The molecule has 6 nitrogen and oxygen atoms in total. The van der Waals surface area contributed by atoms with Crippen LogP contribution in [-0.4, -0.2) is 37.0 Å². The number of carbonyl (C=O) groups is 3. The second-order valence-electron chi connectivity index (χ2n) is 3.23. The molecule has 0 saturated carbocycles. The molecule has 1 unspecified atom stereocenters. The number of carbonyl (C=O) groups excluding carboxylic acids is 3. The number of rotatable bonds is 2. The molecule has 0 aliphatic carbocycles. The van der Waals surface area contributed by atoms with Crippen molar-refractivity contribution >= 4 is 17.8 Å². The molecule has 2 amide bonds. The second-order valence-corrected chi connectivity index (χ2v) is 3.23. The van der Waals surface area contributed by atoms with Crippen LogP contribution in [0.2, 0.25) is 0 Å². The van der Waals surface area contributed by atoms with E-state index < -0.39 is 11.9 Å². The molecule has 1 aliphatic heterocycles. The van der Waals surface area contributed by atoms with Crippen LogP contribution >= 0.6 is 0 Å². The van der Waals surface area contributed by atoms with Gasteiger partial charge in [-0.2, -0.15) is 0 Å². The van der Waals surface area contributed by atoms with E-state index in [4.69, 9.17) is 0 Å². The van der Waals surface area contributed by atoms with Gasteiger partial charge in [-0.25, -0.2) is 4.79 Å². The van der Waals surface area contributed by atoms with E-state index in [0.29, 0.717) is 19.4 Å². The summed E-state index contributed by atoms with van der Waals surface area (Å²) in [7, 11) is 0. The van der Waals surface area contributed by atoms with Crippen LogP contribution in [0.4, 0.5) is 0 Å². The van der Waals surface area contributed by atoms with Gasteiger partial charge >= 0.3 is 11.9 Å². The molecule has 1 heterocycles. The van der Waals surface area contributed by atoms with Crippen LogP contribution in [0.15, 0.2) is 0 Å². The fourth-order valence-corrected chi connectivity index (χ4v) is 1.30. The van der Waals surface area contributed by atoms with Crippen LogP contribution in [0, 0.1) is 0 Å². The lowest BCUT2D eigenvalue weighted by Gasteiger charge is -2.22. The highest BCUT2D eigenvalue weighted by molar-refractivity contribution is 6.32. The Morgan fingerprint density at radius 3 is 2.87 bits per heavy atom. The molecular formula is C9H14N2O4. The minimum Gasteiger partial charge on any atom is -0.459 e. The summed E-state index contributed by atoms with van der Waals surface area (Å²) in [6, 6.07) is -0.181. The van der Waals surface area contributed by atoms with Crippen molar-refractivity contribution in [3.8, 4) is 0 Å². The van der Waals surface area contributed by atoms with Gasteiger partial charge in [0.1, 0.15) is 0 Å². The number of ether oxygens (including phenoxy) is 1. The van der Waals surface area contributed by atoms with Crippen LogP contribution in [0.3, 0.4) is 0 Å². The fourth-order valence-electron chi connectivity index (χ4n) is 1.30. The molecule has 0 aromatic rings. The van der Waals surface area contributed by atoms with Crippen LogP contribution < -0.4 is 10.6 Å². The molecular weight excluding hydrogens is 200 g/mol. The fraction of sp³-hybridized carbons (Fsp3) is 0.667. The zero-order valence-electron chi connectivity index (χ0n) is 8.54. The lowest BCUT2D eigenvalue weighted by molar-refractivity contribution is -0.155. The van der Waals surface area contributed by atoms with Crippen molar-refractivity contribution in [2.75, 3.05) is 13.2 Å². The first kappa shape index (κ1) is 11.5. The normalized spacial score (nSPS) is 20.3. The Kier molecular flexibility index (Phi) is 4.08. The van der Waals surface area contributed by atoms with Crippen molar-refractivity contribution < 1.29 is 19.1 Å².